The van der Waals surface area contributed by atoms with Crippen LogP contribution in [0, 0.1) is 11.3 Å². The molecule has 0 aliphatic heterocycles. The quantitative estimate of drug-likeness (QED) is 0.482. The maximum atomic E-state index is 13.3. The predicted molar refractivity (Wildman–Crippen MR) is 104 cm³/mol. The summed E-state index contributed by atoms with van der Waals surface area (Å²) in [4.78, 5) is 0. The number of nitrogens with zero attached hydrogens (tertiary/aromatic N) is 5. The number of benzene rings is 3. The number of halogens is 3. The van der Waals surface area contributed by atoms with Crippen molar-refractivity contribution in [2.45, 2.75) is 12.7 Å². The van der Waals surface area contributed by atoms with Gasteiger partial charge in [0.05, 0.1) is 23.7 Å². The first-order chi connectivity index (χ1) is 14.5. The summed E-state index contributed by atoms with van der Waals surface area (Å²) >= 11 is 0. The zero-order valence-corrected chi connectivity index (χ0v) is 15.5. The molecule has 30 heavy (non-hydrogen) atoms. The lowest BCUT2D eigenvalue weighted by Gasteiger charge is -2.13. The first-order valence-corrected chi connectivity index (χ1v) is 8.98. The molecule has 0 saturated carbocycles. The van der Waals surface area contributed by atoms with Crippen molar-refractivity contribution in [3.8, 4) is 28.6 Å². The van der Waals surface area contributed by atoms with Gasteiger partial charge in [-0.25, -0.2) is 4.68 Å². The number of hydrogen-bond donors (Lipinski definition) is 0. The molecule has 148 valence electrons. The average Bonchev–Trinajstić information content (AvgIpc) is 3.22. The Kier molecular flexibility index (Phi) is 5.02. The highest BCUT2D eigenvalue weighted by Crippen LogP contribution is 2.36. The third kappa shape index (κ3) is 3.91. The fourth-order valence-corrected chi connectivity index (χ4v) is 3.19. The highest BCUT2D eigenvalue weighted by molar-refractivity contribution is 5.68. The van der Waals surface area contributed by atoms with E-state index >= 15 is 0 Å². The van der Waals surface area contributed by atoms with Crippen molar-refractivity contribution >= 4 is 0 Å². The Hall–Kier alpha value is -3.99. The number of rotatable bonds is 4. The Labute approximate surface area is 170 Å². The minimum atomic E-state index is -4.42. The van der Waals surface area contributed by atoms with Crippen molar-refractivity contribution in [1.29, 1.82) is 5.26 Å². The van der Waals surface area contributed by atoms with Crippen LogP contribution in [0.15, 0.2) is 72.8 Å². The van der Waals surface area contributed by atoms with Crippen LogP contribution in [0.4, 0.5) is 13.2 Å². The molecule has 0 N–H and O–H groups in total. The number of aromatic nitrogens is 4. The molecular weight excluding hydrogens is 391 g/mol. The number of nitriles is 1. The SMILES string of the molecule is N#Cc1cccc(-c2nnnn2Cc2ccc(-c3ccccc3C(F)(F)F)cc2)c1. The van der Waals surface area contributed by atoms with Crippen LogP contribution in [0.2, 0.25) is 0 Å². The Bertz CT molecular complexity index is 1220. The van der Waals surface area contributed by atoms with Crippen LogP contribution in [0.3, 0.4) is 0 Å². The maximum absolute atomic E-state index is 13.3. The first kappa shape index (κ1) is 19.3. The highest BCUT2D eigenvalue weighted by atomic mass is 19.4. The summed E-state index contributed by atoms with van der Waals surface area (Å²) in [6.45, 7) is 0.334. The van der Waals surface area contributed by atoms with Crippen molar-refractivity contribution in [2.24, 2.45) is 0 Å². The topological polar surface area (TPSA) is 67.4 Å². The van der Waals surface area contributed by atoms with Crippen molar-refractivity contribution in [1.82, 2.24) is 20.2 Å². The van der Waals surface area contributed by atoms with E-state index in [-0.39, 0.29) is 5.56 Å². The van der Waals surface area contributed by atoms with Gasteiger partial charge in [0.25, 0.3) is 0 Å². The molecule has 0 unspecified atom stereocenters. The van der Waals surface area contributed by atoms with Crippen LogP contribution in [0.25, 0.3) is 22.5 Å². The molecule has 5 nitrogen and oxygen atoms in total. The third-order valence-electron chi connectivity index (χ3n) is 4.61. The van der Waals surface area contributed by atoms with Crippen molar-refractivity contribution in [3.05, 3.63) is 89.5 Å². The van der Waals surface area contributed by atoms with Gasteiger partial charge in [0.2, 0.25) is 0 Å². The summed E-state index contributed by atoms with van der Waals surface area (Å²) in [5, 5.41) is 20.8. The Morgan fingerprint density at radius 3 is 2.40 bits per heavy atom. The monoisotopic (exact) mass is 405 g/mol. The molecule has 0 saturated heterocycles. The van der Waals surface area contributed by atoms with Gasteiger partial charge in [-0.15, -0.1) is 5.10 Å². The molecule has 8 heteroatoms. The van der Waals surface area contributed by atoms with Crippen LogP contribution >= 0.6 is 0 Å². The molecule has 0 atom stereocenters. The summed E-state index contributed by atoms with van der Waals surface area (Å²) in [5.41, 5.74) is 1.97. The molecule has 0 bridgehead atoms. The van der Waals surface area contributed by atoms with Gasteiger partial charge in [-0.1, -0.05) is 54.6 Å². The van der Waals surface area contributed by atoms with E-state index in [1.165, 1.54) is 12.1 Å². The van der Waals surface area contributed by atoms with E-state index in [1.54, 1.807) is 59.3 Å². The van der Waals surface area contributed by atoms with Gasteiger partial charge in [-0.2, -0.15) is 18.4 Å². The van der Waals surface area contributed by atoms with Gasteiger partial charge in [0.15, 0.2) is 5.82 Å². The van der Waals surface area contributed by atoms with Crippen LogP contribution in [0.5, 0.6) is 0 Å². The molecule has 4 aromatic rings. The van der Waals surface area contributed by atoms with Crippen molar-refractivity contribution in [3.63, 3.8) is 0 Å². The summed E-state index contributed by atoms with van der Waals surface area (Å²) in [7, 11) is 0. The average molecular weight is 405 g/mol. The minimum Gasteiger partial charge on any atom is -0.221 e. The standard InChI is InChI=1S/C22H14F3N5/c23-22(24,25)20-7-2-1-6-19(20)17-10-8-15(9-11-17)14-30-21(27-28-29-30)18-5-3-4-16(12-18)13-26/h1-12H,14H2. The van der Waals surface area contributed by atoms with Crippen LogP contribution in [-0.4, -0.2) is 20.2 Å². The third-order valence-corrected chi connectivity index (χ3v) is 4.61. The van der Waals surface area contributed by atoms with E-state index in [0.29, 0.717) is 29.1 Å². The molecule has 4 rings (SSSR count). The largest absolute Gasteiger partial charge is 0.417 e. The van der Waals surface area contributed by atoms with E-state index in [0.717, 1.165) is 11.6 Å². The molecule has 0 spiro atoms. The molecule has 0 amide bonds. The zero-order chi connectivity index (χ0) is 21.1. The predicted octanol–water partition coefficient (Wildman–Crippen LogP) is 4.95. The van der Waals surface area contributed by atoms with Crippen LogP contribution in [-0.2, 0) is 12.7 Å². The second-order valence-corrected chi connectivity index (χ2v) is 6.59. The normalized spacial score (nSPS) is 11.3. The Morgan fingerprint density at radius 2 is 1.67 bits per heavy atom. The van der Waals surface area contributed by atoms with E-state index in [1.807, 2.05) is 0 Å². The van der Waals surface area contributed by atoms with Gasteiger partial charge < -0.3 is 0 Å². The first-order valence-electron chi connectivity index (χ1n) is 8.98. The van der Waals surface area contributed by atoms with E-state index in [2.05, 4.69) is 21.6 Å². The lowest BCUT2D eigenvalue weighted by molar-refractivity contribution is -0.137. The smallest absolute Gasteiger partial charge is 0.221 e. The molecule has 0 radical (unpaired) electrons. The van der Waals surface area contributed by atoms with Crippen molar-refractivity contribution < 1.29 is 13.2 Å². The fraction of sp³-hybridized carbons (Fsp3) is 0.0909. The second kappa shape index (κ2) is 7.79. The molecule has 3 aromatic carbocycles. The number of hydrogen-bond acceptors (Lipinski definition) is 4. The highest BCUT2D eigenvalue weighted by Gasteiger charge is 2.33. The lowest BCUT2D eigenvalue weighted by Crippen LogP contribution is -2.07. The minimum absolute atomic E-state index is 0.132. The molecule has 0 aliphatic rings. The van der Waals surface area contributed by atoms with Crippen LogP contribution < -0.4 is 0 Å². The summed E-state index contributed by atoms with van der Waals surface area (Å²) in [5.74, 6) is 0.499. The molecular formula is C22H14F3N5. The number of alkyl halides is 3. The zero-order valence-electron chi connectivity index (χ0n) is 15.5. The molecule has 0 aliphatic carbocycles. The van der Waals surface area contributed by atoms with E-state index < -0.39 is 11.7 Å². The molecule has 1 heterocycles. The second-order valence-electron chi connectivity index (χ2n) is 6.59. The lowest BCUT2D eigenvalue weighted by atomic mass is 9.98. The van der Waals surface area contributed by atoms with E-state index in [9.17, 15) is 13.2 Å². The summed E-state index contributed by atoms with van der Waals surface area (Å²) in [6.07, 6.45) is -4.42. The molecule has 0 fully saturated rings. The van der Waals surface area contributed by atoms with Gasteiger partial charge in [0.1, 0.15) is 0 Å². The van der Waals surface area contributed by atoms with Gasteiger partial charge in [0, 0.05) is 5.56 Å². The van der Waals surface area contributed by atoms with E-state index in [4.69, 9.17) is 5.26 Å². The Balaban J connectivity index is 1.61. The summed E-state index contributed by atoms with van der Waals surface area (Å²) < 4.78 is 41.4. The summed E-state index contributed by atoms with van der Waals surface area (Å²) in [6, 6.07) is 21.3. The van der Waals surface area contributed by atoms with Gasteiger partial charge in [-0.3, -0.25) is 0 Å². The van der Waals surface area contributed by atoms with Crippen LogP contribution in [0.1, 0.15) is 16.7 Å². The van der Waals surface area contributed by atoms with Gasteiger partial charge >= 0.3 is 6.18 Å². The maximum Gasteiger partial charge on any atom is 0.417 e. The van der Waals surface area contributed by atoms with Gasteiger partial charge in [-0.05, 0) is 45.3 Å². The fourth-order valence-electron chi connectivity index (χ4n) is 3.19. The number of tetrazole rings is 1. The van der Waals surface area contributed by atoms with Crippen molar-refractivity contribution in [2.75, 3.05) is 0 Å². The Morgan fingerprint density at radius 1 is 0.900 bits per heavy atom. The molecule has 1 aromatic heterocycles.